The lowest BCUT2D eigenvalue weighted by atomic mass is 9.67. The first-order valence-electron chi connectivity index (χ1n) is 4.83. The van der Waals surface area contributed by atoms with Crippen LogP contribution in [-0.4, -0.2) is 18.4 Å². The Hall–Kier alpha value is -1.12. The lowest BCUT2D eigenvalue weighted by Crippen LogP contribution is -2.41. The molecule has 0 atom stereocenters. The number of hydrogen-bond acceptors (Lipinski definition) is 3. The second-order valence-electron chi connectivity index (χ2n) is 4.10. The maximum atomic E-state index is 11.1. The van der Waals surface area contributed by atoms with Gasteiger partial charge in [0.2, 0.25) is 0 Å². The summed E-state index contributed by atoms with van der Waals surface area (Å²) < 4.78 is 5.06. The van der Waals surface area contributed by atoms with E-state index in [0.29, 0.717) is 25.0 Å². The van der Waals surface area contributed by atoms with Crippen LogP contribution >= 0.6 is 0 Å². The van der Waals surface area contributed by atoms with Gasteiger partial charge in [0.15, 0.2) is 0 Å². The maximum Gasteiger partial charge on any atom is 0.333 e. The number of esters is 1. The van der Waals surface area contributed by atoms with Crippen LogP contribution in [0.1, 0.15) is 33.1 Å². The highest BCUT2D eigenvalue weighted by atomic mass is 16.5. The minimum Gasteiger partial charge on any atom is -0.462 e. The first kappa shape index (κ1) is 11.0. The van der Waals surface area contributed by atoms with Crippen molar-refractivity contribution in [2.75, 3.05) is 6.61 Å². The van der Waals surface area contributed by atoms with Gasteiger partial charge in [0.1, 0.15) is 5.78 Å². The van der Waals surface area contributed by atoms with Crippen molar-refractivity contribution in [3.8, 4) is 0 Å². The minimum absolute atomic E-state index is 0.0812. The first-order chi connectivity index (χ1) is 6.49. The van der Waals surface area contributed by atoms with E-state index in [-0.39, 0.29) is 17.2 Å². The molecule has 1 rings (SSSR count). The number of Topliss-reactive ketones (excluding diaryl/α,β-unsaturated/α-hetero) is 1. The predicted octanol–water partition coefficient (Wildman–Crippen LogP) is 1.86. The number of ether oxygens (including phenoxy) is 1. The van der Waals surface area contributed by atoms with E-state index in [1.807, 2.05) is 6.92 Å². The van der Waals surface area contributed by atoms with Crippen molar-refractivity contribution < 1.29 is 14.3 Å². The van der Waals surface area contributed by atoms with Crippen molar-refractivity contribution in [1.82, 2.24) is 0 Å². The van der Waals surface area contributed by atoms with E-state index in [1.54, 1.807) is 6.92 Å². The molecule has 1 fully saturated rings. The molecule has 0 amide bonds. The molecule has 78 valence electrons. The highest BCUT2D eigenvalue weighted by Crippen LogP contribution is 2.41. The summed E-state index contributed by atoms with van der Waals surface area (Å²) >= 11 is 0. The third-order valence-corrected chi connectivity index (χ3v) is 2.75. The molecule has 0 bridgehead atoms. The quantitative estimate of drug-likeness (QED) is 0.509. The molecule has 0 aromatic carbocycles. The smallest absolute Gasteiger partial charge is 0.333 e. The van der Waals surface area contributed by atoms with Crippen LogP contribution < -0.4 is 0 Å². The van der Waals surface area contributed by atoms with Gasteiger partial charge in [-0.3, -0.25) is 4.79 Å². The molecule has 1 aliphatic rings. The number of rotatable bonds is 4. The highest BCUT2D eigenvalue weighted by Gasteiger charge is 2.42. The molecule has 0 spiro atoms. The Bertz CT molecular complexity index is 270. The van der Waals surface area contributed by atoms with Gasteiger partial charge in [0, 0.05) is 23.8 Å². The van der Waals surface area contributed by atoms with E-state index in [4.69, 9.17) is 4.74 Å². The fourth-order valence-corrected chi connectivity index (χ4v) is 1.58. The Morgan fingerprint density at radius 2 is 2.14 bits per heavy atom. The largest absolute Gasteiger partial charge is 0.462 e. The molecule has 0 saturated heterocycles. The zero-order valence-corrected chi connectivity index (χ0v) is 8.76. The molecule has 0 N–H and O–H groups in total. The monoisotopic (exact) mass is 196 g/mol. The first-order valence-corrected chi connectivity index (χ1v) is 4.83. The summed E-state index contributed by atoms with van der Waals surface area (Å²) in [4.78, 5) is 22.0. The third-order valence-electron chi connectivity index (χ3n) is 2.75. The van der Waals surface area contributed by atoms with E-state index in [0.717, 1.165) is 6.42 Å². The van der Waals surface area contributed by atoms with E-state index in [9.17, 15) is 9.59 Å². The van der Waals surface area contributed by atoms with Gasteiger partial charge in [0.05, 0.1) is 6.61 Å². The zero-order valence-electron chi connectivity index (χ0n) is 8.76. The van der Waals surface area contributed by atoms with Crippen LogP contribution in [0.15, 0.2) is 12.2 Å². The summed E-state index contributed by atoms with van der Waals surface area (Å²) in [6.45, 7) is 7.48. The number of carbonyl (C=O) groups excluding carboxylic acids is 2. The number of hydrogen-bond donors (Lipinski definition) is 0. The summed E-state index contributed by atoms with van der Waals surface area (Å²) in [5.41, 5.74) is 0.323. The molecule has 3 nitrogen and oxygen atoms in total. The summed E-state index contributed by atoms with van der Waals surface area (Å²) in [7, 11) is 0. The molecule has 0 unspecified atom stereocenters. The van der Waals surface area contributed by atoms with E-state index in [1.165, 1.54) is 0 Å². The van der Waals surface area contributed by atoms with Gasteiger partial charge < -0.3 is 4.74 Å². The molecule has 0 aliphatic heterocycles. The maximum absolute atomic E-state index is 11.1. The third kappa shape index (κ3) is 2.22. The van der Waals surface area contributed by atoms with Crippen molar-refractivity contribution in [1.29, 1.82) is 0 Å². The number of carbonyl (C=O) groups is 2. The van der Waals surface area contributed by atoms with Crippen LogP contribution in [0.2, 0.25) is 0 Å². The molecule has 1 aliphatic carbocycles. The fraction of sp³-hybridized carbons (Fsp3) is 0.636. The summed E-state index contributed by atoms with van der Waals surface area (Å²) in [6.07, 6.45) is 1.97. The highest BCUT2D eigenvalue weighted by molar-refractivity contribution is 5.88. The Labute approximate surface area is 84.1 Å². The average Bonchev–Trinajstić information content (AvgIpc) is 2.09. The topological polar surface area (TPSA) is 43.4 Å². The molecule has 1 saturated carbocycles. The molecule has 0 heterocycles. The van der Waals surface area contributed by atoms with Crippen LogP contribution in [0, 0.1) is 5.41 Å². The van der Waals surface area contributed by atoms with Gasteiger partial charge in [-0.05, 0) is 13.3 Å². The molecular formula is C11H16O3. The van der Waals surface area contributed by atoms with Gasteiger partial charge in [-0.15, -0.1) is 0 Å². The van der Waals surface area contributed by atoms with Crippen LogP contribution in [0.4, 0.5) is 0 Å². The van der Waals surface area contributed by atoms with Gasteiger partial charge in [-0.25, -0.2) is 4.79 Å². The van der Waals surface area contributed by atoms with Crippen LogP contribution in [-0.2, 0) is 14.3 Å². The van der Waals surface area contributed by atoms with Crippen molar-refractivity contribution in [2.45, 2.75) is 33.1 Å². The number of ketones is 1. The average molecular weight is 196 g/mol. The minimum atomic E-state index is -0.364. The van der Waals surface area contributed by atoms with Crippen molar-refractivity contribution in [2.24, 2.45) is 5.41 Å². The van der Waals surface area contributed by atoms with Crippen LogP contribution in [0.3, 0.4) is 0 Å². The van der Waals surface area contributed by atoms with E-state index < -0.39 is 0 Å². The van der Waals surface area contributed by atoms with Crippen molar-refractivity contribution in [3.05, 3.63) is 12.2 Å². The summed E-state index contributed by atoms with van der Waals surface area (Å²) in [6, 6.07) is 0. The van der Waals surface area contributed by atoms with Gasteiger partial charge in [-0.2, -0.15) is 0 Å². The SMILES string of the molecule is C=C(C)C(=O)OCC1(CC)CC(=O)C1. The van der Waals surface area contributed by atoms with Crippen LogP contribution in [0.5, 0.6) is 0 Å². The van der Waals surface area contributed by atoms with Crippen LogP contribution in [0.25, 0.3) is 0 Å². The van der Waals surface area contributed by atoms with E-state index in [2.05, 4.69) is 6.58 Å². The Kier molecular flexibility index (Phi) is 3.09. The summed E-state index contributed by atoms with van der Waals surface area (Å²) in [5, 5.41) is 0. The van der Waals surface area contributed by atoms with Gasteiger partial charge >= 0.3 is 5.97 Å². The molecule has 3 heteroatoms. The fourth-order valence-electron chi connectivity index (χ4n) is 1.58. The Morgan fingerprint density at radius 1 is 1.57 bits per heavy atom. The Balaban J connectivity index is 2.40. The normalized spacial score (nSPS) is 18.6. The lowest BCUT2D eigenvalue weighted by molar-refractivity contribution is -0.151. The van der Waals surface area contributed by atoms with Crippen molar-refractivity contribution in [3.63, 3.8) is 0 Å². The lowest BCUT2D eigenvalue weighted by Gasteiger charge is -2.38. The molecule has 14 heavy (non-hydrogen) atoms. The second kappa shape index (κ2) is 3.95. The zero-order chi connectivity index (χ0) is 10.8. The molecule has 0 aromatic rings. The predicted molar refractivity (Wildman–Crippen MR) is 52.7 cm³/mol. The van der Waals surface area contributed by atoms with Crippen molar-refractivity contribution >= 4 is 11.8 Å². The standard InChI is InChI=1S/C11H16O3/c1-4-11(5-9(12)6-11)7-14-10(13)8(2)3/h2,4-7H2,1,3H3. The summed E-state index contributed by atoms with van der Waals surface area (Å²) in [5.74, 6) is -0.101. The van der Waals surface area contributed by atoms with Gasteiger partial charge in [-0.1, -0.05) is 13.5 Å². The Morgan fingerprint density at radius 3 is 2.50 bits per heavy atom. The molecule has 0 aromatic heterocycles. The van der Waals surface area contributed by atoms with Gasteiger partial charge in [0.25, 0.3) is 0 Å². The molecular weight excluding hydrogens is 180 g/mol. The van der Waals surface area contributed by atoms with E-state index >= 15 is 0 Å². The molecule has 0 radical (unpaired) electrons. The second-order valence-corrected chi connectivity index (χ2v) is 4.10.